The summed E-state index contributed by atoms with van der Waals surface area (Å²) in [5, 5.41) is 7.87. The second kappa shape index (κ2) is 8.67. The summed E-state index contributed by atoms with van der Waals surface area (Å²) in [5.74, 6) is -0.335. The minimum atomic E-state index is -0.507. The molecule has 5 rings (SSSR count). The molecule has 1 atom stereocenters. The lowest BCUT2D eigenvalue weighted by atomic mass is 10.0. The molecular formula is C27H26N4O3. The maximum absolute atomic E-state index is 13.1. The number of carbonyl (C=O) groups is 3. The van der Waals surface area contributed by atoms with E-state index in [1.807, 2.05) is 54.6 Å². The molecule has 7 heteroatoms. The number of anilines is 1. The van der Waals surface area contributed by atoms with Gasteiger partial charge in [0.25, 0.3) is 5.91 Å². The van der Waals surface area contributed by atoms with E-state index in [2.05, 4.69) is 17.2 Å². The largest absolute Gasteiger partial charge is 0.329 e. The van der Waals surface area contributed by atoms with Crippen LogP contribution < -0.4 is 10.6 Å². The Morgan fingerprint density at radius 1 is 1.12 bits per heavy atom. The normalized spacial score (nSPS) is 17.5. The van der Waals surface area contributed by atoms with Crippen molar-refractivity contribution in [3.05, 3.63) is 89.6 Å². The van der Waals surface area contributed by atoms with E-state index >= 15 is 0 Å². The SMILES string of the molecule is C=C1CCC(N2Cc3c(CN(C)C(=O)Nc4ccc5ccccc5c4)cccc3C2=O)C(=O)N1. The third-order valence-electron chi connectivity index (χ3n) is 6.55. The van der Waals surface area contributed by atoms with E-state index < -0.39 is 6.04 Å². The highest BCUT2D eigenvalue weighted by atomic mass is 16.2. The van der Waals surface area contributed by atoms with Crippen molar-refractivity contribution in [3.8, 4) is 0 Å². The fourth-order valence-electron chi connectivity index (χ4n) is 4.69. The second-order valence-corrected chi connectivity index (χ2v) is 8.87. The van der Waals surface area contributed by atoms with Crippen molar-refractivity contribution < 1.29 is 14.4 Å². The second-order valence-electron chi connectivity index (χ2n) is 8.87. The van der Waals surface area contributed by atoms with Crippen LogP contribution in [0.1, 0.15) is 34.3 Å². The number of allylic oxidation sites excluding steroid dienone is 1. The summed E-state index contributed by atoms with van der Waals surface area (Å²) in [5.41, 5.74) is 3.77. The van der Waals surface area contributed by atoms with Crippen molar-refractivity contribution in [3.63, 3.8) is 0 Å². The van der Waals surface area contributed by atoms with Crippen LogP contribution in [0.2, 0.25) is 0 Å². The molecule has 3 aromatic carbocycles. The zero-order chi connectivity index (χ0) is 23.8. The van der Waals surface area contributed by atoms with Gasteiger partial charge in [0.05, 0.1) is 0 Å². The van der Waals surface area contributed by atoms with Crippen molar-refractivity contribution in [1.29, 1.82) is 0 Å². The van der Waals surface area contributed by atoms with E-state index in [4.69, 9.17) is 0 Å². The first-order chi connectivity index (χ1) is 16.4. The number of urea groups is 1. The Bertz CT molecular complexity index is 1330. The molecule has 2 aliphatic rings. The molecule has 34 heavy (non-hydrogen) atoms. The Labute approximate surface area is 198 Å². The number of carbonyl (C=O) groups excluding carboxylic acids is 3. The van der Waals surface area contributed by atoms with E-state index in [0.717, 1.165) is 27.6 Å². The Morgan fingerprint density at radius 3 is 2.71 bits per heavy atom. The quantitative estimate of drug-likeness (QED) is 0.618. The summed E-state index contributed by atoms with van der Waals surface area (Å²) in [6.07, 6.45) is 1.22. The zero-order valence-corrected chi connectivity index (χ0v) is 19.0. The number of hydrogen-bond donors (Lipinski definition) is 2. The minimum absolute atomic E-state index is 0.146. The Balaban J connectivity index is 1.30. The van der Waals surface area contributed by atoms with E-state index in [1.54, 1.807) is 22.9 Å². The van der Waals surface area contributed by atoms with Gasteiger partial charge in [-0.15, -0.1) is 0 Å². The lowest BCUT2D eigenvalue weighted by Crippen LogP contribution is -2.49. The maximum atomic E-state index is 13.1. The predicted octanol–water partition coefficient (Wildman–Crippen LogP) is 4.25. The molecule has 3 aromatic rings. The first kappa shape index (κ1) is 21.7. The van der Waals surface area contributed by atoms with E-state index in [9.17, 15) is 14.4 Å². The van der Waals surface area contributed by atoms with Crippen molar-refractivity contribution in [2.75, 3.05) is 12.4 Å². The highest BCUT2D eigenvalue weighted by Gasteiger charge is 2.38. The first-order valence-corrected chi connectivity index (χ1v) is 11.3. The maximum Gasteiger partial charge on any atom is 0.321 e. The van der Waals surface area contributed by atoms with Gasteiger partial charge in [-0.1, -0.05) is 49.0 Å². The molecule has 7 nitrogen and oxygen atoms in total. The van der Waals surface area contributed by atoms with Gasteiger partial charge >= 0.3 is 6.03 Å². The van der Waals surface area contributed by atoms with Crippen LogP contribution in [0.4, 0.5) is 10.5 Å². The lowest BCUT2D eigenvalue weighted by Gasteiger charge is -2.31. The molecule has 0 aliphatic carbocycles. The summed E-state index contributed by atoms with van der Waals surface area (Å²) in [4.78, 5) is 41.6. The minimum Gasteiger partial charge on any atom is -0.329 e. The van der Waals surface area contributed by atoms with Crippen molar-refractivity contribution >= 4 is 34.3 Å². The van der Waals surface area contributed by atoms with Crippen LogP contribution in [0.15, 0.2) is 72.9 Å². The lowest BCUT2D eigenvalue weighted by molar-refractivity contribution is -0.126. The van der Waals surface area contributed by atoms with Crippen molar-refractivity contribution in [2.24, 2.45) is 0 Å². The fraction of sp³-hybridized carbons (Fsp3) is 0.222. The molecule has 2 aliphatic heterocycles. The molecule has 0 radical (unpaired) electrons. The van der Waals surface area contributed by atoms with Gasteiger partial charge in [-0.05, 0) is 52.9 Å². The topological polar surface area (TPSA) is 81.8 Å². The molecule has 0 saturated carbocycles. The van der Waals surface area contributed by atoms with Gasteiger partial charge in [-0.25, -0.2) is 4.79 Å². The molecule has 1 unspecified atom stereocenters. The van der Waals surface area contributed by atoms with Gasteiger partial charge < -0.3 is 20.4 Å². The van der Waals surface area contributed by atoms with Gasteiger partial charge in [0.2, 0.25) is 5.91 Å². The van der Waals surface area contributed by atoms with Crippen LogP contribution in [0.3, 0.4) is 0 Å². The number of nitrogens with zero attached hydrogens (tertiary/aromatic N) is 2. The first-order valence-electron chi connectivity index (χ1n) is 11.3. The number of hydrogen-bond acceptors (Lipinski definition) is 3. The van der Waals surface area contributed by atoms with Crippen molar-refractivity contribution in [1.82, 2.24) is 15.1 Å². The van der Waals surface area contributed by atoms with Crippen LogP contribution in [0, 0.1) is 0 Å². The monoisotopic (exact) mass is 454 g/mol. The Morgan fingerprint density at radius 2 is 1.91 bits per heavy atom. The highest BCUT2D eigenvalue weighted by Crippen LogP contribution is 2.31. The number of benzene rings is 3. The highest BCUT2D eigenvalue weighted by molar-refractivity contribution is 6.02. The van der Waals surface area contributed by atoms with Crippen molar-refractivity contribution in [2.45, 2.75) is 32.0 Å². The predicted molar refractivity (Wildman–Crippen MR) is 131 cm³/mol. The summed E-state index contributed by atoms with van der Waals surface area (Å²) in [6, 6.07) is 18.6. The molecular weight excluding hydrogens is 428 g/mol. The Hall–Kier alpha value is -4.13. The van der Waals surface area contributed by atoms with Gasteiger partial charge in [-0.2, -0.15) is 0 Å². The third-order valence-corrected chi connectivity index (χ3v) is 6.55. The summed E-state index contributed by atoms with van der Waals surface area (Å²) in [7, 11) is 1.73. The van der Waals surface area contributed by atoms with Crippen LogP contribution in [-0.4, -0.2) is 40.7 Å². The third kappa shape index (κ3) is 4.01. The fourth-order valence-corrected chi connectivity index (χ4v) is 4.69. The van der Waals surface area contributed by atoms with Crippen LogP contribution in [-0.2, 0) is 17.9 Å². The van der Waals surface area contributed by atoms with E-state index in [-0.39, 0.29) is 17.8 Å². The molecule has 0 aromatic heterocycles. The van der Waals surface area contributed by atoms with E-state index in [1.165, 1.54) is 0 Å². The molecule has 1 saturated heterocycles. The Kier molecular flexibility index (Phi) is 5.53. The number of rotatable bonds is 4. The zero-order valence-electron chi connectivity index (χ0n) is 19.0. The van der Waals surface area contributed by atoms with Gasteiger partial charge in [0.1, 0.15) is 6.04 Å². The molecule has 0 bridgehead atoms. The average molecular weight is 455 g/mol. The summed E-state index contributed by atoms with van der Waals surface area (Å²) >= 11 is 0. The van der Waals surface area contributed by atoms with Crippen LogP contribution in [0.5, 0.6) is 0 Å². The number of piperidine rings is 1. The average Bonchev–Trinajstić information content (AvgIpc) is 3.16. The van der Waals surface area contributed by atoms with Gasteiger partial charge in [0, 0.05) is 37.1 Å². The molecule has 2 heterocycles. The van der Waals surface area contributed by atoms with Crippen LogP contribution >= 0.6 is 0 Å². The smallest absolute Gasteiger partial charge is 0.321 e. The summed E-state index contributed by atoms with van der Waals surface area (Å²) < 4.78 is 0. The molecule has 172 valence electrons. The number of fused-ring (bicyclic) bond motifs is 2. The molecule has 2 N–H and O–H groups in total. The summed E-state index contributed by atoms with van der Waals surface area (Å²) in [6.45, 7) is 4.51. The molecule has 0 spiro atoms. The number of nitrogens with one attached hydrogen (secondary N) is 2. The van der Waals surface area contributed by atoms with E-state index in [0.29, 0.717) is 37.2 Å². The van der Waals surface area contributed by atoms with Gasteiger partial charge in [0.15, 0.2) is 0 Å². The van der Waals surface area contributed by atoms with Crippen LogP contribution in [0.25, 0.3) is 10.8 Å². The molecule has 4 amide bonds. The van der Waals surface area contributed by atoms with Gasteiger partial charge in [-0.3, -0.25) is 9.59 Å². The standard InChI is InChI=1S/C27H26N4O3/c1-17-10-13-24(25(32)28-17)31-16-23-20(8-5-9-22(23)26(31)33)15-30(2)27(34)29-21-12-11-18-6-3-4-7-19(18)14-21/h3-9,11-12,14,24H,1,10,13,15-16H2,2H3,(H,28,32)(H,29,34). The molecule has 1 fully saturated rings. The number of amides is 4.